The molecule has 154 valence electrons. The molecule has 0 spiro atoms. The minimum atomic E-state index is -1.05. The highest BCUT2D eigenvalue weighted by Gasteiger charge is 2.20. The van der Waals surface area contributed by atoms with E-state index in [-0.39, 0.29) is 12.4 Å². The van der Waals surface area contributed by atoms with E-state index in [1.165, 1.54) is 21.0 Å². The molecule has 1 amide bonds. The van der Waals surface area contributed by atoms with Crippen LogP contribution in [0.5, 0.6) is 11.5 Å². The Kier molecular flexibility index (Phi) is 7.61. The standard InChI is InChI=1S/C21H22ClNO6/c1-12-9-18(19(27-4)10-17(12)22)23-21(26)14(3)29-20(25)11-28-16-7-5-15(6-8-16)13(2)24/h5-10,14H,11H2,1-4H3,(H,23,26). The molecule has 0 fully saturated rings. The van der Waals surface area contributed by atoms with Crippen molar-refractivity contribution in [3.63, 3.8) is 0 Å². The Morgan fingerprint density at radius 1 is 1.14 bits per heavy atom. The number of hydrogen-bond donors (Lipinski definition) is 1. The normalized spacial score (nSPS) is 11.3. The van der Waals surface area contributed by atoms with Crippen LogP contribution in [0.3, 0.4) is 0 Å². The van der Waals surface area contributed by atoms with Crippen molar-refractivity contribution in [2.45, 2.75) is 26.9 Å². The minimum Gasteiger partial charge on any atom is -0.495 e. The Labute approximate surface area is 173 Å². The van der Waals surface area contributed by atoms with E-state index in [0.717, 1.165) is 5.56 Å². The molecule has 0 radical (unpaired) electrons. The summed E-state index contributed by atoms with van der Waals surface area (Å²) in [6.07, 6.45) is -1.05. The number of aryl methyl sites for hydroxylation is 1. The van der Waals surface area contributed by atoms with Gasteiger partial charge in [0.25, 0.3) is 5.91 Å². The molecule has 0 saturated heterocycles. The Morgan fingerprint density at radius 3 is 2.38 bits per heavy atom. The van der Waals surface area contributed by atoms with Gasteiger partial charge < -0.3 is 19.5 Å². The first-order valence-electron chi connectivity index (χ1n) is 8.79. The maximum Gasteiger partial charge on any atom is 0.344 e. The van der Waals surface area contributed by atoms with E-state index in [0.29, 0.717) is 27.8 Å². The lowest BCUT2D eigenvalue weighted by Crippen LogP contribution is -2.31. The molecular formula is C21H22ClNO6. The number of nitrogens with one attached hydrogen (secondary N) is 1. The number of anilines is 1. The largest absolute Gasteiger partial charge is 0.495 e. The number of rotatable bonds is 8. The Morgan fingerprint density at radius 2 is 1.79 bits per heavy atom. The number of ketones is 1. The number of methoxy groups -OCH3 is 1. The number of benzene rings is 2. The third-order valence-corrected chi connectivity index (χ3v) is 4.44. The van der Waals surface area contributed by atoms with E-state index in [2.05, 4.69) is 5.32 Å². The van der Waals surface area contributed by atoms with Gasteiger partial charge in [-0.25, -0.2) is 4.79 Å². The van der Waals surface area contributed by atoms with Crippen molar-refractivity contribution in [2.75, 3.05) is 19.0 Å². The van der Waals surface area contributed by atoms with E-state index in [1.807, 2.05) is 0 Å². The van der Waals surface area contributed by atoms with Crippen LogP contribution in [0.4, 0.5) is 5.69 Å². The summed E-state index contributed by atoms with van der Waals surface area (Å²) in [5.41, 5.74) is 1.72. The van der Waals surface area contributed by atoms with Crippen molar-refractivity contribution in [3.8, 4) is 11.5 Å². The monoisotopic (exact) mass is 419 g/mol. The van der Waals surface area contributed by atoms with Crippen LogP contribution in [-0.2, 0) is 14.3 Å². The second kappa shape index (κ2) is 9.93. The summed E-state index contributed by atoms with van der Waals surface area (Å²) in [4.78, 5) is 35.5. The molecular weight excluding hydrogens is 398 g/mol. The number of carbonyl (C=O) groups is 3. The van der Waals surface area contributed by atoms with Crippen molar-refractivity contribution in [2.24, 2.45) is 0 Å². The first-order chi connectivity index (χ1) is 13.7. The van der Waals surface area contributed by atoms with E-state index < -0.39 is 18.0 Å². The number of carbonyl (C=O) groups excluding carboxylic acids is 3. The van der Waals surface area contributed by atoms with Crippen LogP contribution >= 0.6 is 11.6 Å². The van der Waals surface area contributed by atoms with Gasteiger partial charge in [0.05, 0.1) is 12.8 Å². The van der Waals surface area contributed by atoms with Gasteiger partial charge in [0.1, 0.15) is 11.5 Å². The summed E-state index contributed by atoms with van der Waals surface area (Å²) in [6.45, 7) is 4.33. The maximum atomic E-state index is 12.3. The van der Waals surface area contributed by atoms with E-state index in [9.17, 15) is 14.4 Å². The first-order valence-corrected chi connectivity index (χ1v) is 9.17. The number of Topliss-reactive ketones (excluding diaryl/α,β-unsaturated/α-hetero) is 1. The Hall–Kier alpha value is -3.06. The molecule has 1 unspecified atom stereocenters. The van der Waals surface area contributed by atoms with Crippen LogP contribution in [0, 0.1) is 6.92 Å². The number of halogens is 1. The quantitative estimate of drug-likeness (QED) is 0.516. The molecule has 0 aliphatic carbocycles. The summed E-state index contributed by atoms with van der Waals surface area (Å²) in [5.74, 6) is -0.495. The molecule has 1 atom stereocenters. The van der Waals surface area contributed by atoms with Crippen LogP contribution in [-0.4, -0.2) is 37.5 Å². The van der Waals surface area contributed by atoms with E-state index in [1.54, 1.807) is 43.3 Å². The van der Waals surface area contributed by atoms with Gasteiger partial charge in [0.2, 0.25) is 0 Å². The number of esters is 1. The zero-order chi connectivity index (χ0) is 21.6. The highest BCUT2D eigenvalue weighted by molar-refractivity contribution is 6.31. The molecule has 2 rings (SSSR count). The molecule has 7 nitrogen and oxygen atoms in total. The molecule has 0 aliphatic heterocycles. The maximum absolute atomic E-state index is 12.3. The highest BCUT2D eigenvalue weighted by atomic mass is 35.5. The number of hydrogen-bond acceptors (Lipinski definition) is 6. The summed E-state index contributed by atoms with van der Waals surface area (Å²) >= 11 is 6.05. The topological polar surface area (TPSA) is 90.9 Å². The molecule has 0 saturated carbocycles. The molecule has 2 aromatic rings. The van der Waals surface area contributed by atoms with Crippen LogP contribution < -0.4 is 14.8 Å². The third-order valence-electron chi connectivity index (χ3n) is 4.03. The summed E-state index contributed by atoms with van der Waals surface area (Å²) in [7, 11) is 1.46. The van der Waals surface area contributed by atoms with Crippen molar-refractivity contribution in [3.05, 3.63) is 52.5 Å². The second-order valence-electron chi connectivity index (χ2n) is 6.29. The fraction of sp³-hybridized carbons (Fsp3) is 0.286. The molecule has 2 aromatic carbocycles. The van der Waals surface area contributed by atoms with Crippen molar-refractivity contribution in [1.29, 1.82) is 0 Å². The van der Waals surface area contributed by atoms with Gasteiger partial charge in [-0.15, -0.1) is 0 Å². The first kappa shape index (κ1) is 22.2. The lowest BCUT2D eigenvalue weighted by atomic mass is 10.1. The van der Waals surface area contributed by atoms with Gasteiger partial charge in [-0.3, -0.25) is 9.59 Å². The molecule has 0 heterocycles. The van der Waals surface area contributed by atoms with Crippen molar-refractivity contribution < 1.29 is 28.6 Å². The Balaban J connectivity index is 1.89. The zero-order valence-corrected chi connectivity index (χ0v) is 17.3. The molecule has 1 N–H and O–H groups in total. The van der Waals surface area contributed by atoms with Crippen LogP contribution in [0.2, 0.25) is 5.02 Å². The second-order valence-corrected chi connectivity index (χ2v) is 6.70. The van der Waals surface area contributed by atoms with Crippen LogP contribution in [0.25, 0.3) is 0 Å². The summed E-state index contributed by atoms with van der Waals surface area (Å²) in [6, 6.07) is 9.61. The zero-order valence-electron chi connectivity index (χ0n) is 16.6. The lowest BCUT2D eigenvalue weighted by Gasteiger charge is -2.16. The molecule has 8 heteroatoms. The average molecular weight is 420 g/mol. The lowest BCUT2D eigenvalue weighted by molar-refractivity contribution is -0.155. The fourth-order valence-electron chi connectivity index (χ4n) is 2.38. The van der Waals surface area contributed by atoms with E-state index >= 15 is 0 Å². The van der Waals surface area contributed by atoms with Gasteiger partial charge in [-0.05, 0) is 56.7 Å². The molecule has 0 aromatic heterocycles. The van der Waals surface area contributed by atoms with Gasteiger partial charge in [-0.1, -0.05) is 11.6 Å². The highest BCUT2D eigenvalue weighted by Crippen LogP contribution is 2.31. The van der Waals surface area contributed by atoms with E-state index in [4.69, 9.17) is 25.8 Å². The fourth-order valence-corrected chi connectivity index (χ4v) is 2.53. The minimum absolute atomic E-state index is 0.0664. The summed E-state index contributed by atoms with van der Waals surface area (Å²) in [5, 5.41) is 3.16. The number of amides is 1. The van der Waals surface area contributed by atoms with Gasteiger partial charge >= 0.3 is 5.97 Å². The molecule has 0 aliphatic rings. The average Bonchev–Trinajstić information content (AvgIpc) is 2.69. The smallest absolute Gasteiger partial charge is 0.344 e. The third kappa shape index (κ3) is 6.22. The predicted octanol–water partition coefficient (Wildman–Crippen LogP) is 3.81. The van der Waals surface area contributed by atoms with Gasteiger partial charge in [0.15, 0.2) is 18.5 Å². The van der Waals surface area contributed by atoms with Crippen molar-refractivity contribution in [1.82, 2.24) is 0 Å². The number of ether oxygens (including phenoxy) is 3. The van der Waals surface area contributed by atoms with Crippen LogP contribution in [0.15, 0.2) is 36.4 Å². The van der Waals surface area contributed by atoms with Crippen LogP contribution in [0.1, 0.15) is 29.8 Å². The summed E-state index contributed by atoms with van der Waals surface area (Å²) < 4.78 is 15.6. The molecule has 29 heavy (non-hydrogen) atoms. The van der Waals surface area contributed by atoms with Gasteiger partial charge in [-0.2, -0.15) is 0 Å². The predicted molar refractivity (Wildman–Crippen MR) is 109 cm³/mol. The van der Waals surface area contributed by atoms with Gasteiger partial charge in [0, 0.05) is 16.7 Å². The van der Waals surface area contributed by atoms with Crippen molar-refractivity contribution >= 4 is 34.9 Å². The Bertz CT molecular complexity index is 910. The SMILES string of the molecule is COc1cc(Cl)c(C)cc1NC(=O)C(C)OC(=O)COc1ccc(C(C)=O)cc1. The molecule has 0 bridgehead atoms.